The van der Waals surface area contributed by atoms with Crippen LogP contribution in [0.2, 0.25) is 0 Å². The molecule has 0 saturated carbocycles. The van der Waals surface area contributed by atoms with Crippen molar-refractivity contribution in [3.63, 3.8) is 0 Å². The van der Waals surface area contributed by atoms with Crippen LogP contribution < -0.4 is 10.6 Å². The van der Waals surface area contributed by atoms with Gasteiger partial charge in [-0.3, -0.25) is 0 Å². The minimum Gasteiger partial charge on any atom is -0.316 e. The Hall–Kier alpha value is -0.0800. The van der Waals surface area contributed by atoms with Crippen molar-refractivity contribution < 1.29 is 0 Å². The number of nitrogens with one attached hydrogen (secondary N) is 2. The molecule has 1 saturated heterocycles. The summed E-state index contributed by atoms with van der Waals surface area (Å²) in [5, 5.41) is 6.77. The van der Waals surface area contributed by atoms with Crippen LogP contribution in [0.1, 0.15) is 20.3 Å². The zero-order chi connectivity index (χ0) is 8.10. The molecule has 1 heterocycles. The molecule has 2 nitrogen and oxygen atoms in total. The monoisotopic (exact) mass is 156 g/mol. The molecule has 0 amide bonds. The van der Waals surface area contributed by atoms with Crippen molar-refractivity contribution in [2.75, 3.05) is 26.2 Å². The molecule has 0 aromatic heterocycles. The Labute approximate surface area is 69.8 Å². The lowest BCUT2D eigenvalue weighted by molar-refractivity contribution is 0.323. The molecule has 0 spiro atoms. The summed E-state index contributed by atoms with van der Waals surface area (Å²) in [7, 11) is 0. The third-order valence-corrected chi connectivity index (χ3v) is 2.49. The Morgan fingerprint density at radius 1 is 1.55 bits per heavy atom. The third kappa shape index (κ3) is 3.21. The lowest BCUT2D eigenvalue weighted by Gasteiger charge is -2.27. The highest BCUT2D eigenvalue weighted by molar-refractivity contribution is 4.76. The van der Waals surface area contributed by atoms with Crippen LogP contribution in [0.4, 0.5) is 0 Å². The topological polar surface area (TPSA) is 24.1 Å². The van der Waals surface area contributed by atoms with Gasteiger partial charge in [-0.25, -0.2) is 0 Å². The summed E-state index contributed by atoms with van der Waals surface area (Å²) in [6.07, 6.45) is 1.29. The fourth-order valence-electron chi connectivity index (χ4n) is 1.17. The van der Waals surface area contributed by atoms with E-state index in [1.165, 1.54) is 32.6 Å². The summed E-state index contributed by atoms with van der Waals surface area (Å²) in [6, 6.07) is 0. The van der Waals surface area contributed by atoms with Crippen LogP contribution in [-0.2, 0) is 0 Å². The second-order valence-corrected chi connectivity index (χ2v) is 3.70. The molecule has 1 fully saturated rings. The average Bonchev–Trinajstić information content (AvgIpc) is 1.94. The van der Waals surface area contributed by atoms with Crippen LogP contribution in [0, 0.1) is 11.8 Å². The Bertz CT molecular complexity index is 95.0. The Morgan fingerprint density at radius 3 is 2.73 bits per heavy atom. The smallest absolute Gasteiger partial charge is 0.000394 e. The van der Waals surface area contributed by atoms with E-state index >= 15 is 0 Å². The van der Waals surface area contributed by atoms with Gasteiger partial charge in [0.2, 0.25) is 0 Å². The first-order chi connectivity index (χ1) is 5.33. The maximum atomic E-state index is 3.50. The first-order valence-corrected chi connectivity index (χ1v) is 4.74. The minimum atomic E-state index is 0.836. The Morgan fingerprint density at radius 2 is 2.27 bits per heavy atom. The van der Waals surface area contributed by atoms with E-state index in [9.17, 15) is 0 Å². The molecule has 2 heteroatoms. The summed E-state index contributed by atoms with van der Waals surface area (Å²) in [4.78, 5) is 0. The number of hydrogen-bond acceptors (Lipinski definition) is 2. The van der Waals surface area contributed by atoms with Gasteiger partial charge in [-0.2, -0.15) is 0 Å². The molecule has 0 radical (unpaired) electrons. The van der Waals surface area contributed by atoms with Gasteiger partial charge in [0.15, 0.2) is 0 Å². The average molecular weight is 156 g/mol. The van der Waals surface area contributed by atoms with Crippen LogP contribution in [0.15, 0.2) is 0 Å². The van der Waals surface area contributed by atoms with Gasteiger partial charge in [0, 0.05) is 19.6 Å². The van der Waals surface area contributed by atoms with Crippen molar-refractivity contribution in [1.29, 1.82) is 0 Å². The van der Waals surface area contributed by atoms with Crippen LogP contribution in [0.3, 0.4) is 0 Å². The zero-order valence-corrected chi connectivity index (χ0v) is 7.69. The second-order valence-electron chi connectivity index (χ2n) is 3.70. The van der Waals surface area contributed by atoms with E-state index in [0.29, 0.717) is 0 Å². The lowest BCUT2D eigenvalue weighted by Crippen LogP contribution is -2.47. The predicted octanol–water partition coefficient (Wildman–Crippen LogP) is 0.842. The molecule has 0 aromatic carbocycles. The van der Waals surface area contributed by atoms with Gasteiger partial charge >= 0.3 is 0 Å². The van der Waals surface area contributed by atoms with E-state index < -0.39 is 0 Å². The van der Waals surface area contributed by atoms with E-state index in [-0.39, 0.29) is 0 Å². The predicted molar refractivity (Wildman–Crippen MR) is 48.7 cm³/mol. The van der Waals surface area contributed by atoms with E-state index in [2.05, 4.69) is 24.5 Å². The van der Waals surface area contributed by atoms with Gasteiger partial charge in [0.1, 0.15) is 0 Å². The molecule has 1 atom stereocenters. The standard InChI is InChI=1S/C9H20N2/c1-3-8(2)4-10-5-9-6-11-7-9/h8-11H,3-7H2,1-2H3. The second kappa shape index (κ2) is 4.73. The maximum Gasteiger partial charge on any atom is 0.000394 e. The molecule has 2 N–H and O–H groups in total. The van der Waals surface area contributed by atoms with Gasteiger partial charge < -0.3 is 10.6 Å². The van der Waals surface area contributed by atoms with Crippen LogP contribution in [0.25, 0.3) is 0 Å². The third-order valence-electron chi connectivity index (χ3n) is 2.49. The van der Waals surface area contributed by atoms with Crippen molar-refractivity contribution >= 4 is 0 Å². The SMILES string of the molecule is CCC(C)CNCC1CNC1. The number of rotatable bonds is 5. The highest BCUT2D eigenvalue weighted by Crippen LogP contribution is 2.01. The molecule has 0 aliphatic carbocycles. The molecule has 0 bridgehead atoms. The maximum absolute atomic E-state index is 3.50. The van der Waals surface area contributed by atoms with E-state index in [0.717, 1.165) is 11.8 Å². The molecular weight excluding hydrogens is 136 g/mol. The first-order valence-electron chi connectivity index (χ1n) is 4.74. The zero-order valence-electron chi connectivity index (χ0n) is 7.69. The first kappa shape index (κ1) is 9.01. The van der Waals surface area contributed by atoms with Crippen LogP contribution in [-0.4, -0.2) is 26.2 Å². The summed E-state index contributed by atoms with van der Waals surface area (Å²) >= 11 is 0. The molecule has 1 rings (SSSR count). The van der Waals surface area contributed by atoms with Crippen molar-refractivity contribution in [3.05, 3.63) is 0 Å². The fourth-order valence-corrected chi connectivity index (χ4v) is 1.17. The molecule has 1 unspecified atom stereocenters. The van der Waals surface area contributed by atoms with Crippen LogP contribution in [0.5, 0.6) is 0 Å². The van der Waals surface area contributed by atoms with Gasteiger partial charge in [-0.05, 0) is 18.4 Å². The summed E-state index contributed by atoms with van der Waals surface area (Å²) in [6.45, 7) is 9.37. The van der Waals surface area contributed by atoms with Crippen molar-refractivity contribution in [2.24, 2.45) is 11.8 Å². The lowest BCUT2D eigenvalue weighted by atomic mass is 10.0. The van der Waals surface area contributed by atoms with Crippen LogP contribution >= 0.6 is 0 Å². The molecule has 0 aromatic rings. The van der Waals surface area contributed by atoms with Crippen molar-refractivity contribution in [3.8, 4) is 0 Å². The highest BCUT2D eigenvalue weighted by atomic mass is 15.0. The molecule has 66 valence electrons. The molecular formula is C9H20N2. The van der Waals surface area contributed by atoms with E-state index in [1.54, 1.807) is 0 Å². The van der Waals surface area contributed by atoms with Gasteiger partial charge in [0.05, 0.1) is 0 Å². The highest BCUT2D eigenvalue weighted by Gasteiger charge is 2.15. The van der Waals surface area contributed by atoms with E-state index in [1.807, 2.05) is 0 Å². The minimum absolute atomic E-state index is 0.836. The normalized spacial score (nSPS) is 21.3. The Kier molecular flexibility index (Phi) is 3.87. The largest absolute Gasteiger partial charge is 0.316 e. The molecule has 1 aliphatic heterocycles. The quantitative estimate of drug-likeness (QED) is 0.616. The van der Waals surface area contributed by atoms with Gasteiger partial charge in [-0.15, -0.1) is 0 Å². The fraction of sp³-hybridized carbons (Fsp3) is 1.00. The van der Waals surface area contributed by atoms with E-state index in [4.69, 9.17) is 0 Å². The summed E-state index contributed by atoms with van der Waals surface area (Å²) < 4.78 is 0. The number of hydrogen-bond donors (Lipinski definition) is 2. The summed E-state index contributed by atoms with van der Waals surface area (Å²) in [5.41, 5.74) is 0. The summed E-state index contributed by atoms with van der Waals surface area (Å²) in [5.74, 6) is 1.74. The van der Waals surface area contributed by atoms with Gasteiger partial charge in [0.25, 0.3) is 0 Å². The Balaban J connectivity index is 1.86. The van der Waals surface area contributed by atoms with Crippen molar-refractivity contribution in [2.45, 2.75) is 20.3 Å². The van der Waals surface area contributed by atoms with Crippen molar-refractivity contribution in [1.82, 2.24) is 10.6 Å². The van der Waals surface area contributed by atoms with Gasteiger partial charge in [-0.1, -0.05) is 20.3 Å². The molecule has 11 heavy (non-hydrogen) atoms. The molecule has 1 aliphatic rings.